The number of amides is 1. The van der Waals surface area contributed by atoms with E-state index in [0.29, 0.717) is 22.9 Å². The van der Waals surface area contributed by atoms with Crippen molar-refractivity contribution in [2.45, 2.75) is 38.1 Å². The molecule has 5 heteroatoms. The van der Waals surface area contributed by atoms with Gasteiger partial charge in [0.25, 0.3) is 5.91 Å². The summed E-state index contributed by atoms with van der Waals surface area (Å²) in [6, 6.07) is 4.98. The molecule has 1 aromatic rings. The Balaban J connectivity index is 2.18. The number of rotatable bonds is 4. The van der Waals surface area contributed by atoms with Crippen LogP contribution in [-0.2, 0) is 0 Å². The summed E-state index contributed by atoms with van der Waals surface area (Å²) >= 11 is 0. The van der Waals surface area contributed by atoms with Crippen LogP contribution in [0.1, 0.15) is 43.0 Å². The molecule has 0 spiro atoms. The van der Waals surface area contributed by atoms with Crippen molar-refractivity contribution in [1.82, 2.24) is 5.32 Å². The third-order valence-electron chi connectivity index (χ3n) is 4.38. The number of carbonyl (C=O) groups excluding carboxylic acids is 1. The maximum absolute atomic E-state index is 12.5. The summed E-state index contributed by atoms with van der Waals surface area (Å²) in [7, 11) is 1.52. The average Bonchev–Trinajstić information content (AvgIpc) is 2.49. The quantitative estimate of drug-likeness (QED) is 0.741. The van der Waals surface area contributed by atoms with Gasteiger partial charge in [-0.3, -0.25) is 4.79 Å². The Morgan fingerprint density at radius 2 is 2.14 bits per heavy atom. The van der Waals surface area contributed by atoms with Crippen LogP contribution in [0.4, 0.5) is 5.69 Å². The zero-order valence-electron chi connectivity index (χ0n) is 12.7. The number of ether oxygens (including phenoxy) is 1. The van der Waals surface area contributed by atoms with Gasteiger partial charge < -0.3 is 20.9 Å². The highest BCUT2D eigenvalue weighted by Gasteiger charge is 2.35. The zero-order valence-corrected chi connectivity index (χ0v) is 12.7. The number of aliphatic hydroxyl groups is 1. The van der Waals surface area contributed by atoms with Crippen LogP contribution in [0.2, 0.25) is 0 Å². The van der Waals surface area contributed by atoms with E-state index in [1.54, 1.807) is 18.2 Å². The third-order valence-corrected chi connectivity index (χ3v) is 4.38. The molecule has 5 nitrogen and oxygen atoms in total. The van der Waals surface area contributed by atoms with E-state index in [2.05, 4.69) is 12.2 Å². The molecule has 116 valence electrons. The standard InChI is InChI=1S/C16H24N2O3/c1-11-5-7-16(10-19,8-6-11)18-15(20)13-9-12(17)3-4-14(13)21-2/h3-4,9,11,19H,5-8,10,17H2,1-2H3,(H,18,20). The van der Waals surface area contributed by atoms with Crippen molar-refractivity contribution in [3.63, 3.8) is 0 Å². The second kappa shape index (κ2) is 6.35. The van der Waals surface area contributed by atoms with E-state index in [9.17, 15) is 9.90 Å². The topological polar surface area (TPSA) is 84.6 Å². The lowest BCUT2D eigenvalue weighted by Gasteiger charge is -2.38. The van der Waals surface area contributed by atoms with Crippen molar-refractivity contribution in [2.24, 2.45) is 5.92 Å². The number of aliphatic hydroxyl groups excluding tert-OH is 1. The van der Waals surface area contributed by atoms with E-state index < -0.39 is 5.54 Å². The first-order chi connectivity index (χ1) is 9.99. The SMILES string of the molecule is COc1ccc(N)cc1C(=O)NC1(CO)CCC(C)CC1. The van der Waals surface area contributed by atoms with Crippen LogP contribution in [0.25, 0.3) is 0 Å². The Kier molecular flexibility index (Phi) is 4.73. The molecular weight excluding hydrogens is 268 g/mol. The Morgan fingerprint density at radius 1 is 1.48 bits per heavy atom. The molecule has 1 fully saturated rings. The molecule has 1 aromatic carbocycles. The molecule has 0 aliphatic heterocycles. The van der Waals surface area contributed by atoms with Gasteiger partial charge >= 0.3 is 0 Å². The maximum atomic E-state index is 12.5. The van der Waals surface area contributed by atoms with Gasteiger partial charge in [-0.15, -0.1) is 0 Å². The lowest BCUT2D eigenvalue weighted by molar-refractivity contribution is 0.0714. The van der Waals surface area contributed by atoms with Crippen LogP contribution < -0.4 is 15.8 Å². The Labute approximate surface area is 125 Å². The van der Waals surface area contributed by atoms with Crippen LogP contribution in [0.3, 0.4) is 0 Å². The van der Waals surface area contributed by atoms with Crippen LogP contribution in [-0.4, -0.2) is 30.3 Å². The molecular formula is C16H24N2O3. The molecule has 0 saturated heterocycles. The minimum atomic E-state index is -0.529. The van der Waals surface area contributed by atoms with Crippen LogP contribution in [0, 0.1) is 5.92 Å². The Morgan fingerprint density at radius 3 is 2.71 bits per heavy atom. The van der Waals surface area contributed by atoms with Gasteiger partial charge in [-0.2, -0.15) is 0 Å². The van der Waals surface area contributed by atoms with E-state index >= 15 is 0 Å². The smallest absolute Gasteiger partial charge is 0.255 e. The van der Waals surface area contributed by atoms with Gasteiger partial charge in [0, 0.05) is 5.69 Å². The summed E-state index contributed by atoms with van der Waals surface area (Å²) in [5.74, 6) is 0.880. The number of nitrogens with one attached hydrogen (secondary N) is 1. The van der Waals surface area contributed by atoms with Crippen molar-refractivity contribution in [3.8, 4) is 5.75 Å². The van der Waals surface area contributed by atoms with Gasteiger partial charge in [0.05, 0.1) is 24.8 Å². The normalized spacial score (nSPS) is 25.4. The Bertz CT molecular complexity index is 508. The van der Waals surface area contributed by atoms with Crippen molar-refractivity contribution < 1.29 is 14.6 Å². The predicted octanol–water partition coefficient (Wildman–Crippen LogP) is 1.95. The summed E-state index contributed by atoms with van der Waals surface area (Å²) in [5, 5.41) is 12.7. The second-order valence-corrected chi connectivity index (χ2v) is 6.03. The first kappa shape index (κ1) is 15.6. The minimum Gasteiger partial charge on any atom is -0.496 e. The Hall–Kier alpha value is -1.75. The number of nitrogen functional groups attached to an aromatic ring is 1. The summed E-state index contributed by atoms with van der Waals surface area (Å²) in [5.41, 5.74) is 6.14. The maximum Gasteiger partial charge on any atom is 0.255 e. The van der Waals surface area contributed by atoms with Gasteiger partial charge in [0.2, 0.25) is 0 Å². The highest BCUT2D eigenvalue weighted by atomic mass is 16.5. The predicted molar refractivity (Wildman–Crippen MR) is 82.3 cm³/mol. The summed E-state index contributed by atoms with van der Waals surface area (Å²) in [4.78, 5) is 12.5. The van der Waals surface area contributed by atoms with Crippen molar-refractivity contribution in [2.75, 3.05) is 19.5 Å². The van der Waals surface area contributed by atoms with Gasteiger partial charge in [-0.25, -0.2) is 0 Å². The first-order valence-electron chi connectivity index (χ1n) is 7.36. The van der Waals surface area contributed by atoms with Crippen LogP contribution in [0.15, 0.2) is 18.2 Å². The number of nitrogens with two attached hydrogens (primary N) is 1. The molecule has 0 radical (unpaired) electrons. The van der Waals surface area contributed by atoms with Crippen molar-refractivity contribution in [3.05, 3.63) is 23.8 Å². The molecule has 1 aliphatic rings. The molecule has 0 atom stereocenters. The van der Waals surface area contributed by atoms with E-state index in [1.165, 1.54) is 7.11 Å². The van der Waals surface area contributed by atoms with Gasteiger partial charge in [-0.05, 0) is 49.8 Å². The molecule has 0 unspecified atom stereocenters. The van der Waals surface area contributed by atoms with E-state index in [-0.39, 0.29) is 12.5 Å². The molecule has 2 rings (SSSR count). The van der Waals surface area contributed by atoms with Gasteiger partial charge in [-0.1, -0.05) is 6.92 Å². The fourth-order valence-electron chi connectivity index (χ4n) is 2.85. The number of benzene rings is 1. The van der Waals surface area contributed by atoms with Crippen LogP contribution in [0.5, 0.6) is 5.75 Å². The highest BCUT2D eigenvalue weighted by molar-refractivity contribution is 5.98. The van der Waals surface area contributed by atoms with E-state index in [0.717, 1.165) is 25.7 Å². The summed E-state index contributed by atoms with van der Waals surface area (Å²) in [6.07, 6.45) is 3.60. The molecule has 4 N–H and O–H groups in total. The van der Waals surface area contributed by atoms with E-state index in [1.807, 2.05) is 0 Å². The number of hydrogen-bond donors (Lipinski definition) is 3. The third kappa shape index (κ3) is 3.47. The summed E-state index contributed by atoms with van der Waals surface area (Å²) < 4.78 is 5.22. The monoisotopic (exact) mass is 292 g/mol. The fourth-order valence-corrected chi connectivity index (χ4v) is 2.85. The van der Waals surface area contributed by atoms with Crippen LogP contribution >= 0.6 is 0 Å². The van der Waals surface area contributed by atoms with Gasteiger partial charge in [0.1, 0.15) is 5.75 Å². The fraction of sp³-hybridized carbons (Fsp3) is 0.562. The minimum absolute atomic E-state index is 0.0455. The molecule has 1 amide bonds. The first-order valence-corrected chi connectivity index (χ1v) is 7.36. The molecule has 0 heterocycles. The lowest BCUT2D eigenvalue weighted by Crippen LogP contribution is -2.53. The molecule has 0 bridgehead atoms. The number of methoxy groups -OCH3 is 1. The number of hydrogen-bond acceptors (Lipinski definition) is 4. The lowest BCUT2D eigenvalue weighted by atomic mass is 9.77. The van der Waals surface area contributed by atoms with Crippen molar-refractivity contribution in [1.29, 1.82) is 0 Å². The summed E-state index contributed by atoms with van der Waals surface area (Å²) in [6.45, 7) is 2.15. The molecule has 0 aromatic heterocycles. The second-order valence-electron chi connectivity index (χ2n) is 6.03. The van der Waals surface area contributed by atoms with Crippen molar-refractivity contribution >= 4 is 11.6 Å². The van der Waals surface area contributed by atoms with E-state index in [4.69, 9.17) is 10.5 Å². The van der Waals surface area contributed by atoms with Gasteiger partial charge in [0.15, 0.2) is 0 Å². The zero-order chi connectivity index (χ0) is 15.5. The molecule has 1 saturated carbocycles. The highest BCUT2D eigenvalue weighted by Crippen LogP contribution is 2.32. The number of carbonyl (C=O) groups is 1. The molecule has 21 heavy (non-hydrogen) atoms. The average molecular weight is 292 g/mol. The molecule has 1 aliphatic carbocycles. The number of anilines is 1. The largest absolute Gasteiger partial charge is 0.496 e.